The van der Waals surface area contributed by atoms with Crippen molar-refractivity contribution in [2.75, 3.05) is 0 Å². The molecule has 0 aliphatic rings. The summed E-state index contributed by atoms with van der Waals surface area (Å²) in [5.74, 6) is 0. The second-order valence-electron chi connectivity index (χ2n) is 2.11. The quantitative estimate of drug-likeness (QED) is 0.603. The summed E-state index contributed by atoms with van der Waals surface area (Å²) in [5.41, 5.74) is 6.55. The average Bonchev–Trinajstić information content (AvgIpc) is 1.99. The third kappa shape index (κ3) is 2.35. The molecule has 0 spiro atoms. The Morgan fingerprint density at radius 3 is 2.64 bits per heavy atom. The van der Waals surface area contributed by atoms with Crippen LogP contribution in [0, 0.1) is 3.57 Å². The third-order valence-corrected chi connectivity index (χ3v) is 4.69. The molecule has 1 nitrogen and oxygen atoms in total. The summed E-state index contributed by atoms with van der Waals surface area (Å²) >= 11 is 10.6. The molecule has 0 aliphatic heterocycles. The molecule has 1 rings (SSSR count). The summed E-state index contributed by atoms with van der Waals surface area (Å²) in [7, 11) is 0. The molecule has 0 heterocycles. The van der Waals surface area contributed by atoms with Crippen LogP contribution in [0.25, 0.3) is 0 Å². The molecule has 0 amide bonds. The first-order chi connectivity index (χ1) is 5.15. The van der Waals surface area contributed by atoms with Crippen molar-refractivity contribution in [3.05, 3.63) is 26.3 Å². The Hall–Kier alpha value is 0.758. The first-order valence-electron chi connectivity index (χ1n) is 3.02. The second kappa shape index (κ2) is 4.13. The van der Waals surface area contributed by atoms with Gasteiger partial charge in [0.25, 0.3) is 0 Å². The molecule has 0 aliphatic carbocycles. The van der Waals surface area contributed by atoms with Crippen LogP contribution in [0.3, 0.4) is 0 Å². The molecular formula is C7H6AsClIN. The molecule has 58 valence electrons. The van der Waals surface area contributed by atoms with Gasteiger partial charge in [-0.3, -0.25) is 0 Å². The van der Waals surface area contributed by atoms with Crippen LogP contribution in [0.2, 0.25) is 5.02 Å². The van der Waals surface area contributed by atoms with Gasteiger partial charge in [-0.15, -0.1) is 0 Å². The summed E-state index contributed by atoms with van der Waals surface area (Å²) < 4.78 is 2.22. The molecule has 0 fully saturated rings. The first kappa shape index (κ1) is 9.84. The van der Waals surface area contributed by atoms with E-state index in [4.69, 9.17) is 17.3 Å². The summed E-state index contributed by atoms with van der Waals surface area (Å²) in [5, 5.41) is 0.775. The van der Waals surface area contributed by atoms with Gasteiger partial charge in [0.15, 0.2) is 0 Å². The van der Waals surface area contributed by atoms with Gasteiger partial charge in [-0.2, -0.15) is 0 Å². The molecule has 0 bridgehead atoms. The number of benzene rings is 1. The second-order valence-corrected chi connectivity index (χ2v) is 4.62. The van der Waals surface area contributed by atoms with Crippen molar-refractivity contribution in [2.45, 2.75) is 6.54 Å². The fourth-order valence-corrected chi connectivity index (χ4v) is 2.10. The Kier molecular flexibility index (Phi) is 3.69. The summed E-state index contributed by atoms with van der Waals surface area (Å²) in [4.78, 5) is 0. The van der Waals surface area contributed by atoms with E-state index in [1.165, 1.54) is 0 Å². The molecule has 2 N–H and O–H groups in total. The Balaban J connectivity index is 3.21. The van der Waals surface area contributed by atoms with E-state index in [1.807, 2.05) is 12.1 Å². The minimum atomic E-state index is 0.545. The van der Waals surface area contributed by atoms with Gasteiger partial charge < -0.3 is 0 Å². The fraction of sp³-hybridized carbons (Fsp3) is 0.143. The van der Waals surface area contributed by atoms with Crippen LogP contribution in [0.1, 0.15) is 5.56 Å². The molecule has 1 aromatic carbocycles. The van der Waals surface area contributed by atoms with Gasteiger partial charge in [0, 0.05) is 0 Å². The minimum absolute atomic E-state index is 0.545. The molecule has 0 aromatic heterocycles. The molecular weight excluding hydrogens is 335 g/mol. The van der Waals surface area contributed by atoms with Crippen molar-refractivity contribution < 1.29 is 0 Å². The summed E-state index contributed by atoms with van der Waals surface area (Å²) in [6.45, 7) is 0.545. The van der Waals surface area contributed by atoms with Gasteiger partial charge in [0.2, 0.25) is 0 Å². The molecule has 0 saturated carbocycles. The SMILES string of the molecule is NCc1cc(Cl)c([As])c(I)c1. The maximum atomic E-state index is 5.92. The van der Waals surface area contributed by atoms with E-state index in [9.17, 15) is 0 Å². The Bertz CT molecular complexity index is 254. The molecule has 1 aromatic rings. The topological polar surface area (TPSA) is 26.0 Å². The molecule has 0 unspecified atom stereocenters. The predicted octanol–water partition coefficient (Wildman–Crippen LogP) is 1.20. The zero-order valence-electron chi connectivity index (χ0n) is 5.64. The van der Waals surface area contributed by atoms with E-state index in [2.05, 4.69) is 39.4 Å². The van der Waals surface area contributed by atoms with E-state index >= 15 is 0 Å². The maximum absolute atomic E-state index is 5.92. The molecule has 11 heavy (non-hydrogen) atoms. The number of nitrogens with two attached hydrogens (primary N) is 1. The average molecular weight is 341 g/mol. The number of hydrogen-bond donors (Lipinski definition) is 1. The molecule has 4 heteroatoms. The van der Waals surface area contributed by atoms with E-state index in [0.29, 0.717) is 6.54 Å². The van der Waals surface area contributed by atoms with Gasteiger partial charge in [-0.05, 0) is 0 Å². The van der Waals surface area contributed by atoms with E-state index < -0.39 is 0 Å². The molecule has 0 saturated heterocycles. The zero-order valence-corrected chi connectivity index (χ0v) is 10.4. The van der Waals surface area contributed by atoms with Crippen LogP contribution in [0.4, 0.5) is 0 Å². The Labute approximate surface area is 93.3 Å². The van der Waals surface area contributed by atoms with Crippen molar-refractivity contribution in [2.24, 2.45) is 5.73 Å². The van der Waals surface area contributed by atoms with Crippen molar-refractivity contribution in [3.63, 3.8) is 0 Å². The zero-order chi connectivity index (χ0) is 8.43. The number of hydrogen-bond acceptors (Lipinski definition) is 1. The van der Waals surface area contributed by atoms with E-state index in [0.717, 1.165) is 18.5 Å². The van der Waals surface area contributed by atoms with Crippen molar-refractivity contribution in [3.8, 4) is 0 Å². The third-order valence-electron chi connectivity index (χ3n) is 1.31. The van der Waals surface area contributed by atoms with Gasteiger partial charge in [-0.1, -0.05) is 0 Å². The molecule has 0 atom stereocenters. The summed E-state index contributed by atoms with van der Waals surface area (Å²) in [6, 6.07) is 3.94. The van der Waals surface area contributed by atoms with Crippen molar-refractivity contribution in [1.82, 2.24) is 0 Å². The normalized spacial score (nSPS) is 10.2. The van der Waals surface area contributed by atoms with Crippen LogP contribution < -0.4 is 10.1 Å². The van der Waals surface area contributed by atoms with Gasteiger partial charge in [0.1, 0.15) is 0 Å². The van der Waals surface area contributed by atoms with Crippen LogP contribution in [0.15, 0.2) is 12.1 Å². The molecule has 2 radical (unpaired) electrons. The fourth-order valence-electron chi connectivity index (χ4n) is 0.736. The number of halogens is 2. The number of rotatable bonds is 1. The van der Waals surface area contributed by atoms with Gasteiger partial charge in [0.05, 0.1) is 0 Å². The van der Waals surface area contributed by atoms with Crippen LogP contribution in [0.5, 0.6) is 0 Å². The van der Waals surface area contributed by atoms with Crippen molar-refractivity contribution in [1.29, 1.82) is 0 Å². The Morgan fingerprint density at radius 2 is 2.18 bits per heavy atom. The Morgan fingerprint density at radius 1 is 1.55 bits per heavy atom. The summed E-state index contributed by atoms with van der Waals surface area (Å²) in [6.07, 6.45) is 0. The van der Waals surface area contributed by atoms with Crippen molar-refractivity contribution >= 4 is 55.4 Å². The van der Waals surface area contributed by atoms with E-state index in [1.54, 1.807) is 0 Å². The first-order valence-corrected chi connectivity index (χ1v) is 5.41. The van der Waals surface area contributed by atoms with Gasteiger partial charge >= 0.3 is 94.0 Å². The van der Waals surface area contributed by atoms with E-state index in [-0.39, 0.29) is 0 Å². The van der Waals surface area contributed by atoms with Crippen LogP contribution in [-0.2, 0) is 6.54 Å². The van der Waals surface area contributed by atoms with Crippen LogP contribution in [-0.4, -0.2) is 16.9 Å². The van der Waals surface area contributed by atoms with Gasteiger partial charge in [-0.25, -0.2) is 0 Å². The predicted molar refractivity (Wildman–Crippen MR) is 57.4 cm³/mol. The monoisotopic (exact) mass is 341 g/mol. The van der Waals surface area contributed by atoms with Crippen LogP contribution >= 0.6 is 34.2 Å². The standard InChI is InChI=1S/C7H6AsClIN/c8-7-5(9)1-4(3-11)2-6(7)10/h1-2H,3,11H2.